The maximum Gasteiger partial charge on any atom is 0.420 e. The summed E-state index contributed by atoms with van der Waals surface area (Å²) in [6.45, 7) is -0.0743. The highest BCUT2D eigenvalue weighted by Gasteiger charge is 2.79. The summed E-state index contributed by atoms with van der Waals surface area (Å²) >= 11 is 0. The van der Waals surface area contributed by atoms with E-state index in [1.807, 2.05) is 0 Å². The third-order valence-corrected chi connectivity index (χ3v) is 1.70. The molecule has 0 aliphatic heterocycles. The molecule has 0 aromatic heterocycles. The fourth-order valence-electron chi connectivity index (χ4n) is 0.953. The topological polar surface area (TPSA) is 54.4 Å². The van der Waals surface area contributed by atoms with Crippen LogP contribution in [0.25, 0.3) is 0 Å². The van der Waals surface area contributed by atoms with Crippen LogP contribution in [0.2, 0.25) is 0 Å². The summed E-state index contributed by atoms with van der Waals surface area (Å²) in [4.78, 5) is 20.5. The van der Waals surface area contributed by atoms with Crippen molar-refractivity contribution in [1.82, 2.24) is 0 Å². The van der Waals surface area contributed by atoms with Crippen LogP contribution in [0.5, 0.6) is 0 Å². The molecule has 0 heterocycles. The monoisotopic (exact) mass is 238 g/mol. The Hall–Kier alpha value is -1.28. The number of carbonyl (C=O) groups is 2. The van der Waals surface area contributed by atoms with Crippen LogP contribution in [0, 0.1) is 5.41 Å². The second-order valence-electron chi connectivity index (χ2n) is 2.61. The number of carboxylic acid groups (broad SMARTS) is 1. The lowest BCUT2D eigenvalue weighted by Crippen LogP contribution is -2.60. The van der Waals surface area contributed by atoms with Crippen LogP contribution in [0.4, 0.5) is 26.3 Å². The van der Waals surface area contributed by atoms with E-state index < -0.39 is 29.5 Å². The second-order valence-corrected chi connectivity index (χ2v) is 2.61. The maximum atomic E-state index is 12.1. The van der Waals surface area contributed by atoms with Gasteiger partial charge in [-0.3, -0.25) is 9.59 Å². The van der Waals surface area contributed by atoms with Crippen molar-refractivity contribution in [3.05, 3.63) is 0 Å². The number of hydrogen-bond acceptors (Lipinski definition) is 2. The number of carbonyl (C=O) groups excluding carboxylic acids is 1. The van der Waals surface area contributed by atoms with Crippen LogP contribution in [-0.4, -0.2) is 29.2 Å². The first kappa shape index (κ1) is 13.7. The number of hydrogen-bond donors (Lipinski definition) is 1. The van der Waals surface area contributed by atoms with Gasteiger partial charge < -0.3 is 5.11 Å². The third-order valence-electron chi connectivity index (χ3n) is 1.70. The molecule has 3 nitrogen and oxygen atoms in total. The quantitative estimate of drug-likeness (QED) is 0.589. The Labute approximate surface area is 78.7 Å². The van der Waals surface area contributed by atoms with Gasteiger partial charge in [0.2, 0.25) is 0 Å². The summed E-state index contributed by atoms with van der Waals surface area (Å²) in [5, 5.41) is 8.00. The molecule has 0 fully saturated rings. The molecule has 0 spiro atoms. The Morgan fingerprint density at radius 2 is 1.20 bits per heavy atom. The predicted octanol–water partition coefficient (Wildman–Crippen LogP) is 1.77. The lowest BCUT2D eigenvalue weighted by atomic mass is 9.82. The average Bonchev–Trinajstić information content (AvgIpc) is 1.75. The zero-order chi connectivity index (χ0) is 12.7. The van der Waals surface area contributed by atoms with E-state index in [1.165, 1.54) is 0 Å². The van der Waals surface area contributed by atoms with E-state index in [9.17, 15) is 35.9 Å². The minimum Gasteiger partial charge on any atom is -0.480 e. The van der Waals surface area contributed by atoms with E-state index in [-0.39, 0.29) is 6.92 Å². The van der Waals surface area contributed by atoms with Crippen LogP contribution in [0.15, 0.2) is 0 Å². The van der Waals surface area contributed by atoms with Gasteiger partial charge in [-0.1, -0.05) is 0 Å². The van der Waals surface area contributed by atoms with Crippen molar-refractivity contribution in [2.45, 2.75) is 19.3 Å². The molecule has 0 aromatic carbocycles. The Bertz CT molecular complexity index is 258. The zero-order valence-electron chi connectivity index (χ0n) is 7.03. The van der Waals surface area contributed by atoms with Crippen LogP contribution in [-0.2, 0) is 9.59 Å². The first-order valence-corrected chi connectivity index (χ1v) is 3.27. The zero-order valence-corrected chi connectivity index (χ0v) is 7.03. The largest absolute Gasteiger partial charge is 0.480 e. The third kappa shape index (κ3) is 1.77. The normalized spacial score (nSPS) is 13.8. The summed E-state index contributed by atoms with van der Waals surface area (Å²) in [6.07, 6.45) is -12.5. The van der Waals surface area contributed by atoms with Gasteiger partial charge in [0.25, 0.3) is 0 Å². The van der Waals surface area contributed by atoms with E-state index in [0.29, 0.717) is 0 Å². The smallest absolute Gasteiger partial charge is 0.420 e. The van der Waals surface area contributed by atoms with Gasteiger partial charge >= 0.3 is 23.7 Å². The van der Waals surface area contributed by atoms with Gasteiger partial charge in [-0.05, 0) is 6.92 Å². The number of aliphatic carboxylic acids is 1. The van der Waals surface area contributed by atoms with Gasteiger partial charge in [0.15, 0.2) is 5.78 Å². The van der Waals surface area contributed by atoms with Crippen molar-refractivity contribution >= 4 is 11.8 Å². The van der Waals surface area contributed by atoms with E-state index >= 15 is 0 Å². The molecule has 0 saturated heterocycles. The van der Waals surface area contributed by atoms with Crippen molar-refractivity contribution in [3.8, 4) is 0 Å². The number of alkyl halides is 6. The van der Waals surface area contributed by atoms with Crippen molar-refractivity contribution in [2.75, 3.05) is 0 Å². The average molecular weight is 238 g/mol. The van der Waals surface area contributed by atoms with E-state index in [0.717, 1.165) is 0 Å². The lowest BCUT2D eigenvalue weighted by Gasteiger charge is -2.30. The highest BCUT2D eigenvalue weighted by Crippen LogP contribution is 2.51. The molecular weight excluding hydrogens is 234 g/mol. The van der Waals surface area contributed by atoms with Gasteiger partial charge in [0.05, 0.1) is 0 Å². The molecule has 0 atom stereocenters. The Kier molecular flexibility index (Phi) is 3.10. The Morgan fingerprint density at radius 3 is 1.20 bits per heavy atom. The summed E-state index contributed by atoms with van der Waals surface area (Å²) < 4.78 is 72.3. The summed E-state index contributed by atoms with van der Waals surface area (Å²) in [5.74, 6) is -5.81. The molecule has 0 amide bonds. The van der Waals surface area contributed by atoms with Gasteiger partial charge in [-0.2, -0.15) is 26.3 Å². The molecule has 1 N–H and O–H groups in total. The Balaban J connectivity index is 5.97. The van der Waals surface area contributed by atoms with E-state index in [2.05, 4.69) is 0 Å². The van der Waals surface area contributed by atoms with Crippen LogP contribution in [0.1, 0.15) is 6.92 Å². The molecule has 0 rings (SSSR count). The van der Waals surface area contributed by atoms with Crippen molar-refractivity contribution < 1.29 is 41.0 Å². The molecule has 0 aliphatic rings. The molecule has 9 heteroatoms. The Morgan fingerprint density at radius 1 is 0.933 bits per heavy atom. The number of carboxylic acids is 1. The first-order chi connectivity index (χ1) is 6.39. The lowest BCUT2D eigenvalue weighted by molar-refractivity contribution is -0.315. The molecule has 0 saturated carbocycles. The van der Waals surface area contributed by atoms with Crippen molar-refractivity contribution in [2.24, 2.45) is 5.41 Å². The minimum absolute atomic E-state index is 0.0743. The predicted molar refractivity (Wildman–Crippen MR) is 32.9 cm³/mol. The van der Waals surface area contributed by atoms with E-state index in [1.54, 1.807) is 0 Å². The highest BCUT2D eigenvalue weighted by atomic mass is 19.4. The maximum absolute atomic E-state index is 12.1. The molecular formula is C6H4F6O3. The minimum atomic E-state index is -6.23. The summed E-state index contributed by atoms with van der Waals surface area (Å²) in [6, 6.07) is 0. The van der Waals surface area contributed by atoms with Crippen LogP contribution in [0.3, 0.4) is 0 Å². The molecule has 0 bridgehead atoms. The van der Waals surface area contributed by atoms with Gasteiger partial charge in [0.1, 0.15) is 0 Å². The summed E-state index contributed by atoms with van der Waals surface area (Å²) in [7, 11) is 0. The molecule has 88 valence electrons. The number of Topliss-reactive ketones (excluding diaryl/α,β-unsaturated/α-hetero) is 1. The second kappa shape index (κ2) is 3.38. The number of rotatable bonds is 2. The SMILES string of the molecule is CC(=O)C(C(=O)O)(C(F)(F)F)C(F)(F)F. The number of ketones is 1. The van der Waals surface area contributed by atoms with E-state index in [4.69, 9.17) is 5.11 Å². The fraction of sp³-hybridized carbons (Fsp3) is 0.667. The molecule has 15 heavy (non-hydrogen) atoms. The molecule has 0 unspecified atom stereocenters. The molecule has 0 aliphatic carbocycles. The van der Waals surface area contributed by atoms with Crippen molar-refractivity contribution in [3.63, 3.8) is 0 Å². The summed E-state index contributed by atoms with van der Waals surface area (Å²) in [5.41, 5.74) is -5.35. The standard InChI is InChI=1S/C6H4F6O3/c1-2(13)4(3(14)15,5(7,8)9)6(10,11)12/h1H3,(H,14,15). The fourth-order valence-corrected chi connectivity index (χ4v) is 0.953. The highest BCUT2D eigenvalue weighted by molar-refractivity contribution is 6.03. The van der Waals surface area contributed by atoms with Crippen LogP contribution < -0.4 is 0 Å². The van der Waals surface area contributed by atoms with Gasteiger partial charge in [-0.15, -0.1) is 0 Å². The van der Waals surface area contributed by atoms with Crippen LogP contribution >= 0.6 is 0 Å². The first-order valence-electron chi connectivity index (χ1n) is 3.27. The van der Waals surface area contributed by atoms with Gasteiger partial charge in [0, 0.05) is 0 Å². The number of halogens is 6. The van der Waals surface area contributed by atoms with Crippen molar-refractivity contribution in [1.29, 1.82) is 0 Å². The molecule has 0 aromatic rings. The van der Waals surface area contributed by atoms with Gasteiger partial charge in [-0.25, -0.2) is 0 Å². The molecule has 0 radical (unpaired) electrons.